The van der Waals surface area contributed by atoms with Crippen LogP contribution in [0.2, 0.25) is 0 Å². The predicted molar refractivity (Wildman–Crippen MR) is 107 cm³/mol. The Kier molecular flexibility index (Phi) is 6.35. The van der Waals surface area contributed by atoms with Crippen molar-refractivity contribution >= 4 is 29.4 Å². The molecule has 7 nitrogen and oxygen atoms in total. The summed E-state index contributed by atoms with van der Waals surface area (Å²) in [6.07, 6.45) is 2.32. The second kappa shape index (κ2) is 8.76. The zero-order valence-electron chi connectivity index (χ0n) is 17.2. The molecule has 2 aliphatic rings. The summed E-state index contributed by atoms with van der Waals surface area (Å²) in [5.74, 6) is -1.83. The van der Waals surface area contributed by atoms with Crippen LogP contribution in [-0.2, 0) is 23.9 Å². The number of ether oxygens (including phenoxy) is 1. The first-order valence-electron chi connectivity index (χ1n) is 10.2. The normalized spacial score (nSPS) is 22.2. The molecule has 1 aromatic carbocycles. The number of nitrogens with zero attached hydrogens (tertiary/aromatic N) is 1. The molecule has 156 valence electrons. The Balaban J connectivity index is 1.49. The summed E-state index contributed by atoms with van der Waals surface area (Å²) in [4.78, 5) is 50.5. The zero-order chi connectivity index (χ0) is 21.1. The van der Waals surface area contributed by atoms with Crippen molar-refractivity contribution in [1.82, 2.24) is 4.90 Å². The molecule has 7 heteroatoms. The van der Waals surface area contributed by atoms with Crippen molar-refractivity contribution in [3.8, 4) is 0 Å². The first kappa shape index (κ1) is 21.0. The van der Waals surface area contributed by atoms with E-state index >= 15 is 0 Å². The van der Waals surface area contributed by atoms with E-state index in [9.17, 15) is 19.2 Å². The quantitative estimate of drug-likeness (QED) is 0.585. The number of likely N-dealkylation sites (tertiary alicyclic amines) is 1. The van der Waals surface area contributed by atoms with Crippen LogP contribution >= 0.6 is 0 Å². The molecule has 1 heterocycles. The highest BCUT2D eigenvalue weighted by atomic mass is 16.5. The van der Waals surface area contributed by atoms with Crippen molar-refractivity contribution in [3.63, 3.8) is 0 Å². The van der Waals surface area contributed by atoms with Crippen LogP contribution in [0.25, 0.3) is 0 Å². The lowest BCUT2D eigenvalue weighted by atomic mass is 9.81. The van der Waals surface area contributed by atoms with Gasteiger partial charge in [0.25, 0.3) is 5.91 Å². The number of rotatable bonds is 6. The van der Waals surface area contributed by atoms with Gasteiger partial charge in [0.15, 0.2) is 6.10 Å². The van der Waals surface area contributed by atoms with Crippen LogP contribution in [0.15, 0.2) is 18.2 Å². The third kappa shape index (κ3) is 4.66. The molecule has 0 bridgehead atoms. The molecule has 1 aliphatic carbocycles. The third-order valence-corrected chi connectivity index (χ3v) is 5.79. The summed E-state index contributed by atoms with van der Waals surface area (Å²) < 4.78 is 5.20. The molecule has 1 saturated carbocycles. The number of esters is 1. The minimum absolute atomic E-state index is 0.00884. The van der Waals surface area contributed by atoms with Crippen LogP contribution in [-0.4, -0.2) is 41.2 Å². The first-order chi connectivity index (χ1) is 13.8. The van der Waals surface area contributed by atoms with Gasteiger partial charge < -0.3 is 10.1 Å². The molecule has 29 heavy (non-hydrogen) atoms. The summed E-state index contributed by atoms with van der Waals surface area (Å²) in [6, 6.07) is 5.65. The number of benzene rings is 1. The highest BCUT2D eigenvalue weighted by molar-refractivity contribution is 6.05. The Labute approximate surface area is 170 Å². The minimum Gasteiger partial charge on any atom is -0.452 e. The van der Waals surface area contributed by atoms with Gasteiger partial charge in [-0.15, -0.1) is 0 Å². The summed E-state index contributed by atoms with van der Waals surface area (Å²) in [6.45, 7) is 5.36. The molecular formula is C22H28N2O5. The van der Waals surface area contributed by atoms with E-state index in [1.54, 1.807) is 6.07 Å². The van der Waals surface area contributed by atoms with Crippen LogP contribution in [0.5, 0.6) is 0 Å². The fourth-order valence-corrected chi connectivity index (χ4v) is 4.15. The van der Waals surface area contributed by atoms with Gasteiger partial charge in [0.1, 0.15) is 0 Å². The van der Waals surface area contributed by atoms with E-state index in [1.165, 1.54) is 11.8 Å². The molecule has 2 fully saturated rings. The molecule has 0 radical (unpaired) electrons. The molecular weight excluding hydrogens is 372 g/mol. The second-order valence-electron chi connectivity index (χ2n) is 8.02. The molecule has 3 atom stereocenters. The Bertz CT molecular complexity index is 810. The van der Waals surface area contributed by atoms with Crippen LogP contribution in [0.3, 0.4) is 0 Å². The van der Waals surface area contributed by atoms with E-state index in [0.717, 1.165) is 36.8 Å². The first-order valence-corrected chi connectivity index (χ1v) is 10.2. The maximum absolute atomic E-state index is 12.4. The minimum atomic E-state index is -0.976. The lowest BCUT2D eigenvalue weighted by Crippen LogP contribution is -2.35. The number of nitrogens with one attached hydrogen (secondary N) is 1. The Morgan fingerprint density at radius 1 is 1.14 bits per heavy atom. The number of anilines is 1. The van der Waals surface area contributed by atoms with Gasteiger partial charge in [0.2, 0.25) is 11.8 Å². The van der Waals surface area contributed by atoms with E-state index in [-0.39, 0.29) is 36.6 Å². The molecule has 3 amide bonds. The molecule has 3 rings (SSSR count). The average molecular weight is 400 g/mol. The topological polar surface area (TPSA) is 92.8 Å². The van der Waals surface area contributed by atoms with Crippen LogP contribution in [0, 0.1) is 25.7 Å². The molecule has 0 aromatic heterocycles. The number of aryl methyl sites for hydroxylation is 2. The van der Waals surface area contributed by atoms with Gasteiger partial charge in [-0.25, -0.2) is 0 Å². The number of fused-ring (bicyclic) bond motifs is 1. The lowest BCUT2D eigenvalue weighted by molar-refractivity contribution is -0.154. The highest BCUT2D eigenvalue weighted by Gasteiger charge is 2.47. The van der Waals surface area contributed by atoms with Crippen molar-refractivity contribution in [2.45, 2.75) is 59.0 Å². The van der Waals surface area contributed by atoms with Gasteiger partial charge in [-0.2, -0.15) is 0 Å². The number of carbonyl (C=O) groups is 4. The summed E-state index contributed by atoms with van der Waals surface area (Å²) >= 11 is 0. The SMILES string of the molecule is Cc1ccc(NC(=O)[C@H](C)OC(=O)CCN2C(=O)[C@H]3CCCC[C@H]3C2=O)c(C)c1. The molecule has 0 unspecified atom stereocenters. The number of carbonyl (C=O) groups excluding carboxylic acids is 4. The Morgan fingerprint density at radius 3 is 2.34 bits per heavy atom. The van der Waals surface area contributed by atoms with Gasteiger partial charge in [-0.05, 0) is 45.2 Å². The largest absolute Gasteiger partial charge is 0.452 e. The van der Waals surface area contributed by atoms with E-state index in [4.69, 9.17) is 4.74 Å². The Hall–Kier alpha value is -2.70. The summed E-state index contributed by atoms with van der Waals surface area (Å²) in [7, 11) is 0. The van der Waals surface area contributed by atoms with Gasteiger partial charge in [-0.3, -0.25) is 24.1 Å². The van der Waals surface area contributed by atoms with E-state index in [2.05, 4.69) is 5.32 Å². The monoisotopic (exact) mass is 400 g/mol. The lowest BCUT2D eigenvalue weighted by Gasteiger charge is -2.19. The molecule has 1 aliphatic heterocycles. The number of imide groups is 1. The molecule has 1 N–H and O–H groups in total. The van der Waals surface area contributed by atoms with Crippen molar-refractivity contribution in [2.24, 2.45) is 11.8 Å². The maximum Gasteiger partial charge on any atom is 0.308 e. The van der Waals surface area contributed by atoms with E-state index in [1.807, 2.05) is 26.0 Å². The smallest absolute Gasteiger partial charge is 0.308 e. The van der Waals surface area contributed by atoms with E-state index in [0.29, 0.717) is 5.69 Å². The Morgan fingerprint density at radius 2 is 1.76 bits per heavy atom. The van der Waals surface area contributed by atoms with Crippen molar-refractivity contribution in [2.75, 3.05) is 11.9 Å². The summed E-state index contributed by atoms with van der Waals surface area (Å²) in [5.41, 5.74) is 2.68. The van der Waals surface area contributed by atoms with Crippen LogP contribution in [0.1, 0.15) is 50.2 Å². The number of hydrogen-bond donors (Lipinski definition) is 1. The zero-order valence-corrected chi connectivity index (χ0v) is 17.2. The van der Waals surface area contributed by atoms with Crippen molar-refractivity contribution < 1.29 is 23.9 Å². The fourth-order valence-electron chi connectivity index (χ4n) is 4.15. The highest BCUT2D eigenvalue weighted by Crippen LogP contribution is 2.37. The predicted octanol–water partition coefficient (Wildman–Crippen LogP) is 2.74. The third-order valence-electron chi connectivity index (χ3n) is 5.79. The molecule has 1 saturated heterocycles. The van der Waals surface area contributed by atoms with Gasteiger partial charge in [0, 0.05) is 12.2 Å². The van der Waals surface area contributed by atoms with Crippen LogP contribution < -0.4 is 5.32 Å². The van der Waals surface area contributed by atoms with Crippen LogP contribution in [0.4, 0.5) is 5.69 Å². The average Bonchev–Trinajstić information content (AvgIpc) is 2.93. The molecule has 1 aromatic rings. The maximum atomic E-state index is 12.4. The van der Waals surface area contributed by atoms with Gasteiger partial charge >= 0.3 is 5.97 Å². The van der Waals surface area contributed by atoms with Gasteiger partial charge in [0.05, 0.1) is 18.3 Å². The summed E-state index contributed by atoms with van der Waals surface area (Å²) in [5, 5.41) is 2.75. The van der Waals surface area contributed by atoms with Crippen molar-refractivity contribution in [1.29, 1.82) is 0 Å². The fraction of sp³-hybridized carbons (Fsp3) is 0.545. The molecule has 0 spiro atoms. The van der Waals surface area contributed by atoms with Gasteiger partial charge in [-0.1, -0.05) is 30.5 Å². The number of amides is 3. The standard InChI is InChI=1S/C22H28N2O5/c1-13-8-9-18(14(2)12-13)23-20(26)15(3)29-19(25)10-11-24-21(27)16-6-4-5-7-17(16)22(24)28/h8-9,12,15-17H,4-7,10-11H2,1-3H3,(H,23,26)/t15-,16-,17+/m0/s1. The van der Waals surface area contributed by atoms with E-state index < -0.39 is 18.0 Å². The second-order valence-corrected chi connectivity index (χ2v) is 8.02. The van der Waals surface area contributed by atoms with Crippen molar-refractivity contribution in [3.05, 3.63) is 29.3 Å². The number of hydrogen-bond acceptors (Lipinski definition) is 5.